The van der Waals surface area contributed by atoms with Gasteiger partial charge in [0.1, 0.15) is 24.4 Å². The average molecular weight is 442 g/mol. The fourth-order valence-electron chi connectivity index (χ4n) is 3.16. The normalized spacial score (nSPS) is 18.0. The van der Waals surface area contributed by atoms with Crippen LogP contribution >= 0.6 is 11.6 Å². The van der Waals surface area contributed by atoms with Crippen molar-refractivity contribution >= 4 is 29.4 Å². The number of hydrogen-bond donors (Lipinski definition) is 2. The van der Waals surface area contributed by atoms with Gasteiger partial charge in [-0.1, -0.05) is 48.5 Å². The molecule has 1 aliphatic heterocycles. The van der Waals surface area contributed by atoms with Gasteiger partial charge in [0, 0.05) is 11.6 Å². The number of halogens is 1. The predicted octanol–water partition coefficient (Wildman–Crippen LogP) is 3.38. The molecule has 2 N–H and O–H groups in total. The van der Waals surface area contributed by atoms with E-state index in [-0.39, 0.29) is 13.1 Å². The summed E-state index contributed by atoms with van der Waals surface area (Å²) in [4.78, 5) is 38.7. The molecule has 1 fully saturated rings. The molecule has 3 rings (SSSR count). The van der Waals surface area contributed by atoms with Crippen molar-refractivity contribution in [1.29, 1.82) is 0 Å². The molecular formula is C23H24ClN3O4. The second kappa shape index (κ2) is 9.22. The Balaban J connectivity index is 1.64. The van der Waals surface area contributed by atoms with E-state index in [1.807, 2.05) is 13.0 Å². The van der Waals surface area contributed by atoms with Gasteiger partial charge >= 0.3 is 6.03 Å². The Labute approximate surface area is 186 Å². The van der Waals surface area contributed by atoms with E-state index in [0.717, 1.165) is 16.0 Å². The van der Waals surface area contributed by atoms with Crippen LogP contribution in [0.4, 0.5) is 4.79 Å². The molecule has 2 aromatic rings. The summed E-state index contributed by atoms with van der Waals surface area (Å²) < 4.78 is 5.57. The molecule has 162 valence electrons. The van der Waals surface area contributed by atoms with Crippen LogP contribution in [0.5, 0.6) is 5.75 Å². The zero-order chi connectivity index (χ0) is 22.6. The number of benzene rings is 2. The molecule has 7 nitrogen and oxygen atoms in total. The van der Waals surface area contributed by atoms with Crippen molar-refractivity contribution in [2.45, 2.75) is 25.9 Å². The molecule has 0 spiro atoms. The maximum absolute atomic E-state index is 13.0. The van der Waals surface area contributed by atoms with Crippen molar-refractivity contribution in [1.82, 2.24) is 15.5 Å². The smallest absolute Gasteiger partial charge is 0.325 e. The van der Waals surface area contributed by atoms with Gasteiger partial charge in [0.15, 0.2) is 0 Å². The minimum absolute atomic E-state index is 0.199. The van der Waals surface area contributed by atoms with E-state index in [4.69, 9.17) is 16.3 Å². The van der Waals surface area contributed by atoms with E-state index >= 15 is 0 Å². The Hall–Kier alpha value is -3.32. The molecule has 4 amide bonds. The van der Waals surface area contributed by atoms with Crippen molar-refractivity contribution in [3.8, 4) is 5.75 Å². The number of amides is 4. The highest BCUT2D eigenvalue weighted by Gasteiger charge is 2.49. The summed E-state index contributed by atoms with van der Waals surface area (Å²) in [5, 5.41) is 5.90. The lowest BCUT2D eigenvalue weighted by Gasteiger charge is -2.22. The van der Waals surface area contributed by atoms with Crippen molar-refractivity contribution in [3.63, 3.8) is 0 Å². The number of rotatable bonds is 8. The number of hydrogen-bond acceptors (Lipinski definition) is 4. The molecule has 0 saturated carbocycles. The third-order valence-corrected chi connectivity index (χ3v) is 5.30. The fourth-order valence-corrected chi connectivity index (χ4v) is 3.36. The lowest BCUT2D eigenvalue weighted by molar-refractivity contribution is -0.134. The Morgan fingerprint density at radius 2 is 1.87 bits per heavy atom. The quantitative estimate of drug-likeness (QED) is 0.485. The molecule has 8 heteroatoms. The first-order valence-corrected chi connectivity index (χ1v) is 10.1. The zero-order valence-corrected chi connectivity index (χ0v) is 18.2. The number of urea groups is 1. The molecule has 0 aromatic heterocycles. The van der Waals surface area contributed by atoms with Gasteiger partial charge in [-0.3, -0.25) is 14.5 Å². The summed E-state index contributed by atoms with van der Waals surface area (Å²) in [5.74, 6) is -0.333. The third kappa shape index (κ3) is 5.06. The standard InChI is InChI=1S/C23H24ClN3O4/c1-15(2)14-31-18-10-8-17(9-11-18)23(3)21(29)27(22(30)26-23)13-20(28)25-12-16-6-4-5-7-19(16)24/h4-11H,1,12-14H2,2-3H3,(H,25,28)(H,26,30). The topological polar surface area (TPSA) is 87.7 Å². The molecule has 1 unspecified atom stereocenters. The van der Waals surface area contributed by atoms with Crippen molar-refractivity contribution in [2.24, 2.45) is 0 Å². The third-order valence-electron chi connectivity index (χ3n) is 4.93. The molecule has 1 saturated heterocycles. The number of imide groups is 1. The summed E-state index contributed by atoms with van der Waals surface area (Å²) >= 11 is 6.08. The molecule has 0 bridgehead atoms. The lowest BCUT2D eigenvalue weighted by atomic mass is 9.92. The molecule has 0 radical (unpaired) electrons. The number of nitrogens with one attached hydrogen (secondary N) is 2. The van der Waals surface area contributed by atoms with E-state index in [2.05, 4.69) is 17.2 Å². The second-order valence-electron chi connectivity index (χ2n) is 7.58. The molecule has 0 aliphatic carbocycles. The Kier molecular flexibility index (Phi) is 6.65. The van der Waals surface area contributed by atoms with Crippen LogP contribution in [0, 0.1) is 0 Å². The SMILES string of the molecule is C=C(C)COc1ccc(C2(C)NC(=O)N(CC(=O)NCc3ccccc3Cl)C2=O)cc1. The summed E-state index contributed by atoms with van der Waals surface area (Å²) in [7, 11) is 0. The van der Waals surface area contributed by atoms with Gasteiger partial charge in [0.05, 0.1) is 0 Å². The minimum atomic E-state index is -1.27. The van der Waals surface area contributed by atoms with E-state index in [1.54, 1.807) is 49.4 Å². The van der Waals surface area contributed by atoms with E-state index < -0.39 is 23.4 Å². The molecule has 1 atom stereocenters. The number of carbonyl (C=O) groups excluding carboxylic acids is 3. The average Bonchev–Trinajstić information content (AvgIpc) is 2.96. The zero-order valence-electron chi connectivity index (χ0n) is 17.4. The van der Waals surface area contributed by atoms with Gasteiger partial charge in [0.25, 0.3) is 5.91 Å². The summed E-state index contributed by atoms with van der Waals surface area (Å²) in [6, 6.07) is 13.4. The predicted molar refractivity (Wildman–Crippen MR) is 118 cm³/mol. The van der Waals surface area contributed by atoms with Gasteiger partial charge in [-0.15, -0.1) is 0 Å². The largest absolute Gasteiger partial charge is 0.489 e. The summed E-state index contributed by atoms with van der Waals surface area (Å²) in [6.45, 7) is 7.46. The highest BCUT2D eigenvalue weighted by Crippen LogP contribution is 2.30. The van der Waals surface area contributed by atoms with Crippen LogP contribution in [0.3, 0.4) is 0 Å². The lowest BCUT2D eigenvalue weighted by Crippen LogP contribution is -2.43. The second-order valence-corrected chi connectivity index (χ2v) is 7.99. The van der Waals surface area contributed by atoms with Crippen molar-refractivity contribution in [2.75, 3.05) is 13.2 Å². The number of nitrogens with zero attached hydrogens (tertiary/aromatic N) is 1. The molecule has 31 heavy (non-hydrogen) atoms. The van der Waals surface area contributed by atoms with Crippen LogP contribution in [-0.4, -0.2) is 35.9 Å². The first-order valence-electron chi connectivity index (χ1n) is 9.72. The Bertz CT molecular complexity index is 1020. The van der Waals surface area contributed by atoms with Gasteiger partial charge in [-0.05, 0) is 48.7 Å². The van der Waals surface area contributed by atoms with E-state index in [1.165, 1.54) is 0 Å². The van der Waals surface area contributed by atoms with Gasteiger partial charge < -0.3 is 15.4 Å². The van der Waals surface area contributed by atoms with Crippen molar-refractivity contribution < 1.29 is 19.1 Å². The fraction of sp³-hybridized carbons (Fsp3) is 0.261. The highest BCUT2D eigenvalue weighted by molar-refractivity contribution is 6.31. The molecule has 1 aliphatic rings. The molecule has 2 aromatic carbocycles. The van der Waals surface area contributed by atoms with Crippen LogP contribution in [0.2, 0.25) is 5.02 Å². The van der Waals surface area contributed by atoms with Crippen LogP contribution in [0.25, 0.3) is 0 Å². The van der Waals surface area contributed by atoms with Gasteiger partial charge in [-0.25, -0.2) is 4.79 Å². The maximum atomic E-state index is 13.0. The van der Waals surface area contributed by atoms with Crippen LogP contribution < -0.4 is 15.4 Å². The van der Waals surface area contributed by atoms with Gasteiger partial charge in [0.2, 0.25) is 5.91 Å². The van der Waals surface area contributed by atoms with E-state index in [0.29, 0.717) is 22.9 Å². The first-order chi connectivity index (χ1) is 14.7. The number of carbonyl (C=O) groups is 3. The van der Waals surface area contributed by atoms with Crippen LogP contribution in [0.15, 0.2) is 60.7 Å². The Morgan fingerprint density at radius 1 is 1.19 bits per heavy atom. The minimum Gasteiger partial charge on any atom is -0.489 e. The Morgan fingerprint density at radius 3 is 2.52 bits per heavy atom. The first kappa shape index (κ1) is 22.4. The van der Waals surface area contributed by atoms with Crippen LogP contribution in [-0.2, 0) is 21.7 Å². The van der Waals surface area contributed by atoms with Crippen LogP contribution in [0.1, 0.15) is 25.0 Å². The summed E-state index contributed by atoms with van der Waals surface area (Å²) in [5.41, 5.74) is 0.950. The van der Waals surface area contributed by atoms with Gasteiger partial charge in [-0.2, -0.15) is 0 Å². The summed E-state index contributed by atoms with van der Waals surface area (Å²) in [6.07, 6.45) is 0. The monoisotopic (exact) mass is 441 g/mol. The molecule has 1 heterocycles. The van der Waals surface area contributed by atoms with Crippen molar-refractivity contribution in [3.05, 3.63) is 76.8 Å². The maximum Gasteiger partial charge on any atom is 0.325 e. The highest BCUT2D eigenvalue weighted by atomic mass is 35.5. The van der Waals surface area contributed by atoms with E-state index in [9.17, 15) is 14.4 Å². The molecular weight excluding hydrogens is 418 g/mol. The number of ether oxygens (including phenoxy) is 1.